The monoisotopic (exact) mass is 447 g/mol. The lowest BCUT2D eigenvalue weighted by Crippen LogP contribution is -2.63. The summed E-state index contributed by atoms with van der Waals surface area (Å²) in [6.07, 6.45) is 3.02. The van der Waals surface area contributed by atoms with Gasteiger partial charge in [0.25, 0.3) is 0 Å². The molecule has 7 atom stereocenters. The first-order valence-corrected chi connectivity index (χ1v) is 10.7. The fraction of sp³-hybridized carbons (Fsp3) is 0.636. The van der Waals surface area contributed by atoms with Crippen molar-refractivity contribution in [3.8, 4) is 0 Å². The second-order valence-electron chi connectivity index (χ2n) is 9.77. The molecule has 3 N–H and O–H groups in total. The van der Waals surface area contributed by atoms with Gasteiger partial charge >= 0.3 is 0 Å². The molecule has 8 nitrogen and oxygen atoms in total. The van der Waals surface area contributed by atoms with Crippen molar-refractivity contribution in [3.05, 3.63) is 46.0 Å². The third kappa shape index (κ3) is 2.51. The highest BCUT2D eigenvalue weighted by Gasteiger charge is 2.71. The molecule has 0 radical (unpaired) electrons. The third-order valence-electron chi connectivity index (χ3n) is 8.63. The Balaban J connectivity index is 1.93. The number of rotatable bonds is 3. The van der Waals surface area contributed by atoms with Gasteiger partial charge in [0.1, 0.15) is 12.7 Å². The lowest BCUT2D eigenvalue weighted by molar-refractivity contribution is -0.155. The molecule has 31 heavy (non-hydrogen) atoms. The molecule has 0 spiro atoms. The number of Topliss-reactive ketones (excluding diaryl/α,β-unsaturated/α-hetero) is 1. The summed E-state index contributed by atoms with van der Waals surface area (Å²) in [4.78, 5) is 26.8. The Kier molecular flexibility index (Phi) is 4.86. The molecule has 4 aliphatic carbocycles. The molecule has 0 amide bonds. The van der Waals surface area contributed by atoms with E-state index in [1.807, 2.05) is 13.8 Å². The molecule has 2 fully saturated rings. The number of nitrogens with zero attached hydrogens (tertiary/aromatic N) is 3. The highest BCUT2D eigenvalue weighted by molar-refractivity contribution is 6.25. The molecule has 166 valence electrons. The van der Waals surface area contributed by atoms with Gasteiger partial charge < -0.3 is 15.3 Å². The maximum absolute atomic E-state index is 12.6. The maximum Gasteiger partial charge on any atom is 0.194 e. The van der Waals surface area contributed by atoms with Crippen molar-refractivity contribution < 1.29 is 24.9 Å². The average Bonchev–Trinajstić information content (AvgIpc) is 2.93. The zero-order chi connectivity index (χ0) is 23.0. The average molecular weight is 448 g/mol. The fourth-order valence-electron chi connectivity index (χ4n) is 6.79. The topological polar surface area (TPSA) is 144 Å². The van der Waals surface area contributed by atoms with E-state index in [1.165, 1.54) is 6.08 Å². The summed E-state index contributed by atoms with van der Waals surface area (Å²) in [6.45, 7) is 6.84. The second kappa shape index (κ2) is 6.77. The van der Waals surface area contributed by atoms with Crippen LogP contribution in [0.25, 0.3) is 10.4 Å². The van der Waals surface area contributed by atoms with Crippen LogP contribution in [0.2, 0.25) is 0 Å². The number of halogens is 1. The number of alkyl halides is 1. The summed E-state index contributed by atoms with van der Waals surface area (Å²) in [6, 6.07) is 0. The fourth-order valence-corrected chi connectivity index (χ4v) is 7.28. The van der Waals surface area contributed by atoms with Crippen molar-refractivity contribution in [3.63, 3.8) is 0 Å². The van der Waals surface area contributed by atoms with Crippen LogP contribution in [0.15, 0.2) is 40.7 Å². The largest absolute Gasteiger partial charge is 0.388 e. The number of carbonyl (C=O) groups is 2. The minimum atomic E-state index is -1.88. The summed E-state index contributed by atoms with van der Waals surface area (Å²) < 4.78 is 0. The van der Waals surface area contributed by atoms with E-state index in [1.54, 1.807) is 6.08 Å². The van der Waals surface area contributed by atoms with Crippen molar-refractivity contribution >= 4 is 23.2 Å². The summed E-state index contributed by atoms with van der Waals surface area (Å²) >= 11 is 7.36. The quantitative estimate of drug-likeness (QED) is 0.200. The zero-order valence-electron chi connectivity index (χ0n) is 17.5. The molecule has 9 heteroatoms. The van der Waals surface area contributed by atoms with Crippen molar-refractivity contribution in [1.82, 2.24) is 0 Å². The number of aliphatic hydroxyl groups is 3. The summed E-state index contributed by atoms with van der Waals surface area (Å²) in [5.74, 6) is -1.88. The van der Waals surface area contributed by atoms with E-state index in [0.717, 1.165) is 0 Å². The van der Waals surface area contributed by atoms with Gasteiger partial charge in [-0.1, -0.05) is 31.6 Å². The maximum atomic E-state index is 12.6. The number of fused-ring (bicyclic) bond motifs is 5. The molecule has 0 aliphatic heterocycles. The van der Waals surface area contributed by atoms with Crippen molar-refractivity contribution in [2.45, 2.75) is 56.1 Å². The van der Waals surface area contributed by atoms with Crippen LogP contribution < -0.4 is 0 Å². The van der Waals surface area contributed by atoms with Gasteiger partial charge in [0.15, 0.2) is 17.2 Å². The van der Waals surface area contributed by atoms with Crippen LogP contribution in [-0.2, 0) is 9.59 Å². The molecule has 1 unspecified atom stereocenters. The molecular weight excluding hydrogens is 422 g/mol. The number of allylic oxidation sites excluding steroid dienone is 2. The van der Waals surface area contributed by atoms with E-state index in [0.29, 0.717) is 30.4 Å². The van der Waals surface area contributed by atoms with Crippen molar-refractivity contribution in [2.75, 3.05) is 6.61 Å². The number of aliphatic hydroxyl groups excluding tert-OH is 2. The number of ketones is 2. The first-order valence-electron chi connectivity index (χ1n) is 10.4. The van der Waals surface area contributed by atoms with Crippen LogP contribution in [0.5, 0.6) is 0 Å². The zero-order valence-corrected chi connectivity index (χ0v) is 18.3. The normalized spacial score (nSPS) is 46.2. The lowest BCUT2D eigenvalue weighted by Gasteiger charge is -2.62. The second-order valence-corrected chi connectivity index (χ2v) is 10.4. The highest BCUT2D eigenvalue weighted by atomic mass is 35.5. The molecule has 4 rings (SSSR count). The van der Waals surface area contributed by atoms with E-state index in [-0.39, 0.29) is 18.0 Å². The molecule has 4 aliphatic rings. The van der Waals surface area contributed by atoms with Gasteiger partial charge in [-0.05, 0) is 54.4 Å². The van der Waals surface area contributed by atoms with Crippen LogP contribution in [0.3, 0.4) is 0 Å². The van der Waals surface area contributed by atoms with E-state index in [9.17, 15) is 24.9 Å². The van der Waals surface area contributed by atoms with E-state index in [2.05, 4.69) is 16.6 Å². The van der Waals surface area contributed by atoms with Crippen LogP contribution in [0.4, 0.5) is 0 Å². The Morgan fingerprint density at radius 3 is 2.71 bits per heavy atom. The molecular formula is C22H26ClN3O5. The number of hydrogen-bond donors (Lipinski definition) is 3. The molecule has 0 saturated heterocycles. The predicted octanol–water partition coefficient (Wildman–Crippen LogP) is 2.72. The first-order chi connectivity index (χ1) is 14.4. The minimum Gasteiger partial charge on any atom is -0.388 e. The Morgan fingerprint density at radius 1 is 1.42 bits per heavy atom. The summed E-state index contributed by atoms with van der Waals surface area (Å²) in [7, 11) is 0. The molecule has 0 aromatic carbocycles. The van der Waals surface area contributed by atoms with E-state index in [4.69, 9.17) is 17.1 Å². The molecule has 2 saturated carbocycles. The Hall–Kier alpha value is -1.96. The van der Waals surface area contributed by atoms with Crippen LogP contribution in [-0.4, -0.2) is 50.1 Å². The first kappa shape index (κ1) is 22.2. The van der Waals surface area contributed by atoms with E-state index >= 15 is 0 Å². The van der Waals surface area contributed by atoms with Gasteiger partial charge in [-0.2, -0.15) is 0 Å². The Morgan fingerprint density at radius 2 is 2.10 bits per heavy atom. The van der Waals surface area contributed by atoms with Gasteiger partial charge in [-0.15, -0.1) is 11.6 Å². The van der Waals surface area contributed by atoms with Gasteiger partial charge in [0.2, 0.25) is 0 Å². The SMILES string of the molecule is C=C1C[C@H]2[C@@H]3C=C(N=[N+]=[N-])C4=CC(=O)C(O)C[C@]4(C)[C@@]3(Cl)CC[C@]2(C)[C@@]1(O)C(=O)CO. The molecule has 0 aromatic rings. The Bertz CT molecular complexity index is 1020. The molecule has 0 heterocycles. The highest BCUT2D eigenvalue weighted by Crippen LogP contribution is 2.71. The summed E-state index contributed by atoms with van der Waals surface area (Å²) in [5.41, 5.74) is 6.59. The van der Waals surface area contributed by atoms with Gasteiger partial charge in [0, 0.05) is 27.4 Å². The molecule has 0 aromatic heterocycles. The smallest absolute Gasteiger partial charge is 0.194 e. The third-order valence-corrected chi connectivity index (χ3v) is 9.49. The van der Waals surface area contributed by atoms with Crippen LogP contribution >= 0.6 is 11.6 Å². The summed E-state index contributed by atoms with van der Waals surface area (Å²) in [5, 5.41) is 35.2. The minimum absolute atomic E-state index is 0.0835. The van der Waals surface area contributed by atoms with Gasteiger partial charge in [-0.3, -0.25) is 9.59 Å². The lowest BCUT2D eigenvalue weighted by atomic mass is 9.46. The predicted molar refractivity (Wildman–Crippen MR) is 113 cm³/mol. The number of hydrogen-bond acceptors (Lipinski definition) is 6. The van der Waals surface area contributed by atoms with Gasteiger partial charge in [0.05, 0.1) is 4.87 Å². The number of carbonyl (C=O) groups excluding carboxylic acids is 2. The number of azide groups is 1. The standard InChI is InChI=1S/C22H26ClN3O5/c1-11-6-12-13-7-15(25-26-24)14-8-16(28)17(29)9-20(14,3)21(13,23)5-4-19(12,2)22(11,31)18(30)10-27/h7-8,12-13,17,27,29,31H,1,4-6,9-10H2,2-3H3/t12-,13-,17?,19-,20-,21+,22-/m0/s1. The van der Waals surface area contributed by atoms with Crippen LogP contribution in [0.1, 0.15) is 39.5 Å². The van der Waals surface area contributed by atoms with Crippen molar-refractivity contribution in [2.24, 2.45) is 27.8 Å². The Labute approximate surface area is 184 Å². The molecule has 0 bridgehead atoms. The van der Waals surface area contributed by atoms with Gasteiger partial charge in [-0.25, -0.2) is 0 Å². The van der Waals surface area contributed by atoms with Crippen LogP contribution in [0, 0.1) is 22.7 Å². The van der Waals surface area contributed by atoms with E-state index < -0.39 is 51.5 Å². The van der Waals surface area contributed by atoms with Crippen molar-refractivity contribution in [1.29, 1.82) is 0 Å².